The van der Waals surface area contributed by atoms with Crippen molar-refractivity contribution in [2.75, 3.05) is 37.7 Å². The van der Waals surface area contributed by atoms with Gasteiger partial charge < -0.3 is 14.5 Å². The molecule has 1 aliphatic heterocycles. The second-order valence-electron chi connectivity index (χ2n) is 7.53. The molecule has 0 aliphatic carbocycles. The molecule has 3 heterocycles. The fourth-order valence-corrected chi connectivity index (χ4v) is 4.52. The van der Waals surface area contributed by atoms with Crippen LogP contribution in [-0.4, -0.2) is 58.2 Å². The summed E-state index contributed by atoms with van der Waals surface area (Å²) in [6, 6.07) is 16.7. The molecule has 5 rings (SSSR count). The quantitative estimate of drug-likeness (QED) is 0.451. The molecule has 2 aromatic heterocycles. The van der Waals surface area contributed by atoms with Crippen molar-refractivity contribution in [1.82, 2.24) is 19.5 Å². The Labute approximate surface area is 192 Å². The SMILES string of the molecule is O=C(COc1ccc(F)cc1)N1CCN(c2cc(=O)n3nc(-c4ccccc4)sc3n2)CC1. The largest absolute Gasteiger partial charge is 0.484 e. The van der Waals surface area contributed by atoms with E-state index in [2.05, 4.69) is 10.1 Å². The predicted molar refractivity (Wildman–Crippen MR) is 123 cm³/mol. The van der Waals surface area contributed by atoms with Crippen molar-refractivity contribution in [2.45, 2.75) is 0 Å². The van der Waals surface area contributed by atoms with Gasteiger partial charge in [-0.1, -0.05) is 41.7 Å². The van der Waals surface area contributed by atoms with E-state index < -0.39 is 0 Å². The highest BCUT2D eigenvalue weighted by Crippen LogP contribution is 2.25. The third-order valence-electron chi connectivity index (χ3n) is 5.38. The minimum atomic E-state index is -0.356. The Morgan fingerprint density at radius 3 is 2.48 bits per heavy atom. The zero-order valence-electron chi connectivity index (χ0n) is 17.6. The molecule has 8 nitrogen and oxygen atoms in total. The normalized spacial score (nSPS) is 14.0. The number of hydrogen-bond donors (Lipinski definition) is 0. The van der Waals surface area contributed by atoms with Gasteiger partial charge in [-0.15, -0.1) is 0 Å². The minimum absolute atomic E-state index is 0.111. The van der Waals surface area contributed by atoms with Crippen molar-refractivity contribution >= 4 is 28.0 Å². The van der Waals surface area contributed by atoms with Crippen LogP contribution in [0.4, 0.5) is 10.2 Å². The third kappa shape index (κ3) is 4.56. The first kappa shape index (κ1) is 21.1. The highest BCUT2D eigenvalue weighted by Gasteiger charge is 2.23. The second-order valence-corrected chi connectivity index (χ2v) is 8.49. The van der Waals surface area contributed by atoms with Crippen LogP contribution in [0, 0.1) is 5.82 Å². The maximum Gasteiger partial charge on any atom is 0.277 e. The number of carbonyl (C=O) groups is 1. The number of halogens is 1. The molecule has 33 heavy (non-hydrogen) atoms. The molecule has 10 heteroatoms. The monoisotopic (exact) mass is 465 g/mol. The average molecular weight is 466 g/mol. The maximum absolute atomic E-state index is 13.0. The van der Waals surface area contributed by atoms with Gasteiger partial charge in [-0.05, 0) is 24.3 Å². The lowest BCUT2D eigenvalue weighted by Crippen LogP contribution is -2.50. The standard InChI is InChI=1S/C23H20FN5O3S/c24-17-6-8-18(9-7-17)32-15-21(31)28-12-10-27(11-13-28)19-14-20(30)29-23(25-19)33-22(26-29)16-4-2-1-3-5-16/h1-9,14H,10-13,15H2. The van der Waals surface area contributed by atoms with Crippen LogP contribution in [0.5, 0.6) is 5.75 Å². The molecule has 4 aromatic rings. The van der Waals surface area contributed by atoms with Gasteiger partial charge in [-0.25, -0.2) is 9.37 Å². The number of fused-ring (bicyclic) bond motifs is 1. The lowest BCUT2D eigenvalue weighted by Gasteiger charge is -2.35. The molecule has 0 N–H and O–H groups in total. The van der Waals surface area contributed by atoms with E-state index in [1.807, 2.05) is 35.2 Å². The van der Waals surface area contributed by atoms with Crippen LogP contribution >= 0.6 is 11.3 Å². The highest BCUT2D eigenvalue weighted by molar-refractivity contribution is 7.19. The van der Waals surface area contributed by atoms with E-state index in [-0.39, 0.29) is 23.9 Å². The van der Waals surface area contributed by atoms with Gasteiger partial charge in [0.1, 0.15) is 22.4 Å². The molecule has 0 saturated carbocycles. The van der Waals surface area contributed by atoms with Gasteiger partial charge in [0, 0.05) is 37.8 Å². The first-order valence-electron chi connectivity index (χ1n) is 10.4. The molecule has 0 bridgehead atoms. The number of amides is 1. The Morgan fingerprint density at radius 2 is 1.76 bits per heavy atom. The van der Waals surface area contributed by atoms with Crippen molar-refractivity contribution in [3.63, 3.8) is 0 Å². The zero-order valence-corrected chi connectivity index (χ0v) is 18.4. The molecule has 0 spiro atoms. The average Bonchev–Trinajstić information content (AvgIpc) is 3.29. The third-order valence-corrected chi connectivity index (χ3v) is 6.34. The number of rotatable bonds is 5. The minimum Gasteiger partial charge on any atom is -0.484 e. The van der Waals surface area contributed by atoms with E-state index in [0.29, 0.717) is 42.7 Å². The molecule has 168 valence electrons. The number of piperazine rings is 1. The number of aromatic nitrogens is 3. The Hall–Kier alpha value is -3.79. The number of hydrogen-bond acceptors (Lipinski definition) is 7. The summed E-state index contributed by atoms with van der Waals surface area (Å²) < 4.78 is 19.8. The number of ether oxygens (including phenoxy) is 1. The molecule has 2 aromatic carbocycles. The maximum atomic E-state index is 13.0. The van der Waals surface area contributed by atoms with E-state index in [9.17, 15) is 14.0 Å². The van der Waals surface area contributed by atoms with Crippen molar-refractivity contribution < 1.29 is 13.9 Å². The Balaban J connectivity index is 1.24. The van der Waals surface area contributed by atoms with Gasteiger partial charge >= 0.3 is 0 Å². The second kappa shape index (κ2) is 8.99. The molecule has 1 aliphatic rings. The summed E-state index contributed by atoms with van der Waals surface area (Å²) in [6.07, 6.45) is 0. The van der Waals surface area contributed by atoms with E-state index in [0.717, 1.165) is 10.6 Å². The van der Waals surface area contributed by atoms with Gasteiger partial charge in [0.15, 0.2) is 6.61 Å². The molecule has 0 radical (unpaired) electrons. The van der Waals surface area contributed by atoms with Crippen molar-refractivity contribution in [2.24, 2.45) is 0 Å². The van der Waals surface area contributed by atoms with E-state index >= 15 is 0 Å². The van der Waals surface area contributed by atoms with Crippen LogP contribution in [0.3, 0.4) is 0 Å². The van der Waals surface area contributed by atoms with E-state index in [4.69, 9.17) is 4.74 Å². The zero-order chi connectivity index (χ0) is 22.8. The molecule has 1 fully saturated rings. The molecular weight excluding hydrogens is 445 g/mol. The van der Waals surface area contributed by atoms with Gasteiger partial charge in [-0.3, -0.25) is 9.59 Å². The highest BCUT2D eigenvalue weighted by atomic mass is 32.1. The Kier molecular flexibility index (Phi) is 5.74. The summed E-state index contributed by atoms with van der Waals surface area (Å²) in [5.41, 5.74) is 0.698. The summed E-state index contributed by atoms with van der Waals surface area (Å²) in [7, 11) is 0. The lowest BCUT2D eigenvalue weighted by atomic mass is 10.2. The number of carbonyl (C=O) groups excluding carboxylic acids is 1. The molecule has 0 unspecified atom stereocenters. The van der Waals surface area contributed by atoms with Crippen LogP contribution in [0.1, 0.15) is 0 Å². The first-order chi connectivity index (χ1) is 16.1. The summed E-state index contributed by atoms with van der Waals surface area (Å²) in [5.74, 6) is 0.530. The molecule has 1 amide bonds. The van der Waals surface area contributed by atoms with Crippen LogP contribution in [0.2, 0.25) is 0 Å². The van der Waals surface area contributed by atoms with E-state index in [1.165, 1.54) is 46.2 Å². The molecule has 0 atom stereocenters. The van der Waals surface area contributed by atoms with Gasteiger partial charge in [0.05, 0.1) is 0 Å². The van der Waals surface area contributed by atoms with Gasteiger partial charge in [0.25, 0.3) is 11.5 Å². The van der Waals surface area contributed by atoms with E-state index in [1.54, 1.807) is 4.90 Å². The van der Waals surface area contributed by atoms with Gasteiger partial charge in [0.2, 0.25) is 4.96 Å². The van der Waals surface area contributed by atoms with Crippen molar-refractivity contribution in [3.8, 4) is 16.3 Å². The summed E-state index contributed by atoms with van der Waals surface area (Å²) in [6.45, 7) is 1.97. The fraction of sp³-hybridized carbons (Fsp3) is 0.217. The number of anilines is 1. The number of nitrogens with zero attached hydrogens (tertiary/aromatic N) is 5. The van der Waals surface area contributed by atoms with Crippen molar-refractivity contribution in [1.29, 1.82) is 0 Å². The lowest BCUT2D eigenvalue weighted by molar-refractivity contribution is -0.133. The Morgan fingerprint density at radius 1 is 1.03 bits per heavy atom. The van der Waals surface area contributed by atoms with Gasteiger partial charge in [-0.2, -0.15) is 9.61 Å². The predicted octanol–water partition coefficient (Wildman–Crippen LogP) is 2.68. The topological polar surface area (TPSA) is 80.0 Å². The Bertz CT molecular complexity index is 1330. The number of benzene rings is 2. The van der Waals surface area contributed by atoms with Crippen LogP contribution in [-0.2, 0) is 4.79 Å². The first-order valence-corrected chi connectivity index (χ1v) is 11.3. The smallest absolute Gasteiger partial charge is 0.277 e. The van der Waals surface area contributed by atoms with Crippen LogP contribution in [0.15, 0.2) is 65.5 Å². The van der Waals surface area contributed by atoms with Crippen LogP contribution < -0.4 is 15.2 Å². The summed E-state index contributed by atoms with van der Waals surface area (Å²) in [5, 5.41) is 5.14. The van der Waals surface area contributed by atoms with Crippen LogP contribution in [0.25, 0.3) is 15.5 Å². The summed E-state index contributed by atoms with van der Waals surface area (Å²) >= 11 is 1.36. The van der Waals surface area contributed by atoms with Crippen molar-refractivity contribution in [3.05, 3.63) is 76.8 Å². The molecular formula is C23H20FN5O3S. The molecule has 1 saturated heterocycles. The summed E-state index contributed by atoms with van der Waals surface area (Å²) in [4.78, 5) is 34.0. The fourth-order valence-electron chi connectivity index (χ4n) is 3.61.